The molecule has 6 nitrogen and oxygen atoms in total. The van der Waals surface area contributed by atoms with Crippen molar-refractivity contribution < 1.29 is 14.3 Å². The maximum atomic E-state index is 13.0. The van der Waals surface area contributed by atoms with Crippen LogP contribution in [0.3, 0.4) is 0 Å². The zero-order valence-electron chi connectivity index (χ0n) is 18.6. The summed E-state index contributed by atoms with van der Waals surface area (Å²) in [4.78, 5) is 16.7. The Kier molecular flexibility index (Phi) is 8.70. The van der Waals surface area contributed by atoms with Crippen LogP contribution in [0.5, 0.6) is 11.5 Å². The van der Waals surface area contributed by atoms with Crippen LogP contribution in [0.15, 0.2) is 36.4 Å². The van der Waals surface area contributed by atoms with Gasteiger partial charge in [-0.25, -0.2) is 0 Å². The Morgan fingerprint density at radius 3 is 2.30 bits per heavy atom. The highest BCUT2D eigenvalue weighted by atomic mass is 16.5. The molecule has 0 bridgehead atoms. The normalized spacial score (nSPS) is 10.6. The third-order valence-electron chi connectivity index (χ3n) is 4.79. The van der Waals surface area contributed by atoms with E-state index in [2.05, 4.69) is 18.2 Å². The lowest BCUT2D eigenvalue weighted by molar-refractivity contribution is -0.119. The molecular formula is C24H31N3O3. The van der Waals surface area contributed by atoms with Crippen molar-refractivity contribution in [2.75, 3.05) is 38.8 Å². The SMILES string of the molecule is CCOc1ccc(N(CCC#N)C(=O)CN(C)Cc2cc(C)c(OC)c(C)c2)cc1. The molecule has 0 N–H and O–H groups in total. The van der Waals surface area contributed by atoms with Gasteiger partial charge in [0, 0.05) is 18.8 Å². The number of benzene rings is 2. The van der Waals surface area contributed by atoms with E-state index in [1.165, 1.54) is 0 Å². The van der Waals surface area contributed by atoms with E-state index in [9.17, 15) is 4.79 Å². The molecule has 160 valence electrons. The van der Waals surface area contributed by atoms with Crippen molar-refractivity contribution in [3.8, 4) is 17.6 Å². The summed E-state index contributed by atoms with van der Waals surface area (Å²) in [5.74, 6) is 1.62. The standard InChI is InChI=1S/C24H31N3O3/c1-6-30-22-10-8-21(9-11-22)27(13-7-12-25)23(28)17-26(4)16-20-14-18(2)24(29-5)19(3)15-20/h8-11,14-15H,6-7,13,16-17H2,1-5H3. The minimum Gasteiger partial charge on any atom is -0.496 e. The highest BCUT2D eigenvalue weighted by Gasteiger charge is 2.18. The molecule has 0 heterocycles. The molecule has 0 aromatic heterocycles. The molecule has 2 aromatic carbocycles. The Morgan fingerprint density at radius 2 is 1.77 bits per heavy atom. The largest absolute Gasteiger partial charge is 0.496 e. The third kappa shape index (κ3) is 6.23. The number of nitriles is 1. The molecule has 0 unspecified atom stereocenters. The van der Waals surface area contributed by atoms with Gasteiger partial charge in [0.1, 0.15) is 11.5 Å². The highest BCUT2D eigenvalue weighted by molar-refractivity contribution is 5.94. The number of likely N-dealkylation sites (N-methyl/N-ethyl adjacent to an activating group) is 1. The van der Waals surface area contributed by atoms with Crippen molar-refractivity contribution in [1.29, 1.82) is 5.26 Å². The van der Waals surface area contributed by atoms with Crippen LogP contribution >= 0.6 is 0 Å². The quantitative estimate of drug-likeness (QED) is 0.591. The number of rotatable bonds is 10. The predicted molar refractivity (Wildman–Crippen MR) is 119 cm³/mol. The van der Waals surface area contributed by atoms with E-state index < -0.39 is 0 Å². The van der Waals surface area contributed by atoms with E-state index in [1.54, 1.807) is 12.0 Å². The van der Waals surface area contributed by atoms with Gasteiger partial charge in [0.05, 0.1) is 32.8 Å². The Bertz CT molecular complexity index is 865. The van der Waals surface area contributed by atoms with Crippen LogP contribution in [-0.4, -0.2) is 44.7 Å². The van der Waals surface area contributed by atoms with Gasteiger partial charge in [0.15, 0.2) is 0 Å². The molecule has 0 saturated carbocycles. The summed E-state index contributed by atoms with van der Waals surface area (Å²) in [5, 5.41) is 9.00. The van der Waals surface area contributed by atoms with Crippen molar-refractivity contribution in [1.82, 2.24) is 4.90 Å². The molecule has 0 aliphatic carbocycles. The van der Waals surface area contributed by atoms with Crippen molar-refractivity contribution in [2.24, 2.45) is 0 Å². The minimum atomic E-state index is -0.0427. The maximum absolute atomic E-state index is 13.0. The fraction of sp³-hybridized carbons (Fsp3) is 0.417. The minimum absolute atomic E-state index is 0.0427. The predicted octanol–water partition coefficient (Wildman–Crippen LogP) is 4.09. The van der Waals surface area contributed by atoms with Crippen LogP contribution in [0.25, 0.3) is 0 Å². The van der Waals surface area contributed by atoms with Crippen LogP contribution in [0, 0.1) is 25.2 Å². The number of carbonyl (C=O) groups excluding carboxylic acids is 1. The first kappa shape index (κ1) is 23.2. The van der Waals surface area contributed by atoms with Gasteiger partial charge in [-0.05, 0) is 68.8 Å². The number of hydrogen-bond donors (Lipinski definition) is 0. The second-order valence-corrected chi connectivity index (χ2v) is 7.32. The lowest BCUT2D eigenvalue weighted by atomic mass is 10.1. The van der Waals surface area contributed by atoms with Gasteiger partial charge < -0.3 is 14.4 Å². The Balaban J connectivity index is 2.10. The van der Waals surface area contributed by atoms with Crippen LogP contribution in [0.1, 0.15) is 30.0 Å². The molecule has 6 heteroatoms. The number of hydrogen-bond acceptors (Lipinski definition) is 5. The summed E-state index contributed by atoms with van der Waals surface area (Å²) < 4.78 is 10.9. The Hall–Kier alpha value is -3.04. The van der Waals surface area contributed by atoms with Gasteiger partial charge in [0.2, 0.25) is 5.91 Å². The molecule has 0 spiro atoms. The monoisotopic (exact) mass is 409 g/mol. The van der Waals surface area contributed by atoms with Gasteiger partial charge in [0.25, 0.3) is 0 Å². The van der Waals surface area contributed by atoms with Gasteiger partial charge >= 0.3 is 0 Å². The summed E-state index contributed by atoms with van der Waals surface area (Å²) in [6.45, 7) is 7.82. The van der Waals surface area contributed by atoms with E-state index in [4.69, 9.17) is 14.7 Å². The molecule has 0 fully saturated rings. The Labute approximate surface area is 179 Å². The van der Waals surface area contributed by atoms with Gasteiger partial charge in [-0.2, -0.15) is 5.26 Å². The van der Waals surface area contributed by atoms with Crippen molar-refractivity contribution in [2.45, 2.75) is 33.7 Å². The first-order valence-corrected chi connectivity index (χ1v) is 10.1. The average Bonchev–Trinajstić information content (AvgIpc) is 2.69. The molecule has 0 aliphatic heterocycles. The molecule has 0 saturated heterocycles. The second-order valence-electron chi connectivity index (χ2n) is 7.32. The zero-order valence-corrected chi connectivity index (χ0v) is 18.6. The van der Waals surface area contributed by atoms with E-state index in [0.29, 0.717) is 19.7 Å². The van der Waals surface area contributed by atoms with Crippen LogP contribution in [-0.2, 0) is 11.3 Å². The van der Waals surface area contributed by atoms with E-state index in [1.807, 2.05) is 57.0 Å². The van der Waals surface area contributed by atoms with Crippen LogP contribution in [0.4, 0.5) is 5.69 Å². The topological polar surface area (TPSA) is 65.8 Å². The highest BCUT2D eigenvalue weighted by Crippen LogP contribution is 2.25. The molecule has 0 radical (unpaired) electrons. The van der Waals surface area contributed by atoms with Gasteiger partial charge in [-0.1, -0.05) is 12.1 Å². The molecule has 0 atom stereocenters. The molecule has 1 amide bonds. The Morgan fingerprint density at radius 1 is 1.13 bits per heavy atom. The van der Waals surface area contributed by atoms with E-state index in [-0.39, 0.29) is 18.9 Å². The summed E-state index contributed by atoms with van der Waals surface area (Å²) in [6.07, 6.45) is 0.277. The van der Waals surface area contributed by atoms with E-state index >= 15 is 0 Å². The summed E-state index contributed by atoms with van der Waals surface area (Å²) >= 11 is 0. The van der Waals surface area contributed by atoms with Crippen LogP contribution < -0.4 is 14.4 Å². The van der Waals surface area contributed by atoms with Gasteiger partial charge in [-0.3, -0.25) is 9.69 Å². The fourth-order valence-corrected chi connectivity index (χ4v) is 3.59. The molecule has 2 rings (SSSR count). The van der Waals surface area contributed by atoms with Crippen molar-refractivity contribution in [3.63, 3.8) is 0 Å². The van der Waals surface area contributed by atoms with Gasteiger partial charge in [-0.15, -0.1) is 0 Å². The maximum Gasteiger partial charge on any atom is 0.241 e. The first-order chi connectivity index (χ1) is 14.4. The number of ether oxygens (including phenoxy) is 2. The summed E-state index contributed by atoms with van der Waals surface area (Å²) in [5.41, 5.74) is 4.06. The average molecular weight is 410 g/mol. The number of methoxy groups -OCH3 is 1. The number of carbonyl (C=O) groups is 1. The van der Waals surface area contributed by atoms with E-state index in [0.717, 1.165) is 33.9 Å². The number of anilines is 1. The lowest BCUT2D eigenvalue weighted by Crippen LogP contribution is -2.39. The fourth-order valence-electron chi connectivity index (χ4n) is 3.59. The molecule has 2 aromatic rings. The number of amides is 1. The molecule has 30 heavy (non-hydrogen) atoms. The second kappa shape index (κ2) is 11.2. The summed E-state index contributed by atoms with van der Waals surface area (Å²) in [6, 6.07) is 13.7. The zero-order chi connectivity index (χ0) is 22.1. The number of aryl methyl sites for hydroxylation is 2. The van der Waals surface area contributed by atoms with Crippen molar-refractivity contribution >= 4 is 11.6 Å². The molecule has 0 aliphatic rings. The third-order valence-corrected chi connectivity index (χ3v) is 4.79. The van der Waals surface area contributed by atoms with Crippen LogP contribution in [0.2, 0.25) is 0 Å². The summed E-state index contributed by atoms with van der Waals surface area (Å²) in [7, 11) is 3.60. The van der Waals surface area contributed by atoms with Crippen molar-refractivity contribution in [3.05, 3.63) is 53.1 Å². The first-order valence-electron chi connectivity index (χ1n) is 10.1. The lowest BCUT2D eigenvalue weighted by Gasteiger charge is -2.25. The molecular weight excluding hydrogens is 378 g/mol. The smallest absolute Gasteiger partial charge is 0.241 e. The number of nitrogens with zero attached hydrogens (tertiary/aromatic N) is 3.